The van der Waals surface area contributed by atoms with Crippen molar-refractivity contribution in [3.05, 3.63) is 12.2 Å². The van der Waals surface area contributed by atoms with Gasteiger partial charge in [-0.05, 0) is 32.1 Å². The average Bonchev–Trinajstić information content (AvgIpc) is 2.82. The van der Waals surface area contributed by atoms with E-state index in [4.69, 9.17) is 4.74 Å². The third-order valence-electron chi connectivity index (χ3n) is 3.10. The Balaban J connectivity index is 1.89. The summed E-state index contributed by atoms with van der Waals surface area (Å²) in [5.41, 5.74) is 1.24. The predicted molar refractivity (Wildman–Crippen MR) is 50.1 cm³/mol. The van der Waals surface area contributed by atoms with Crippen molar-refractivity contribution in [2.75, 3.05) is 0 Å². The summed E-state index contributed by atoms with van der Waals surface area (Å²) in [6.45, 7) is 6.01. The van der Waals surface area contributed by atoms with Gasteiger partial charge in [-0.1, -0.05) is 12.2 Å². The normalized spacial score (nSPS) is 38.2. The van der Waals surface area contributed by atoms with E-state index in [0.717, 1.165) is 12.8 Å². The quantitative estimate of drug-likeness (QED) is 0.481. The Hall–Kier alpha value is -0.790. The Morgan fingerprint density at radius 1 is 1.62 bits per heavy atom. The van der Waals surface area contributed by atoms with Gasteiger partial charge < -0.3 is 4.74 Å². The molecule has 0 N–H and O–H groups in total. The van der Waals surface area contributed by atoms with E-state index in [1.807, 2.05) is 0 Å². The van der Waals surface area contributed by atoms with Crippen LogP contribution in [0.5, 0.6) is 0 Å². The number of allylic oxidation sites excluding steroid dienone is 1. The lowest BCUT2D eigenvalue weighted by atomic mass is 10.0. The van der Waals surface area contributed by atoms with Crippen LogP contribution in [0.15, 0.2) is 12.2 Å². The van der Waals surface area contributed by atoms with Crippen molar-refractivity contribution in [3.8, 4) is 0 Å². The van der Waals surface area contributed by atoms with E-state index < -0.39 is 0 Å². The number of hydrogen-bond donors (Lipinski definition) is 0. The number of carbonyl (C=O) groups is 1. The fourth-order valence-electron chi connectivity index (χ4n) is 2.23. The maximum atomic E-state index is 11.0. The van der Waals surface area contributed by atoms with Gasteiger partial charge in [-0.15, -0.1) is 0 Å². The van der Waals surface area contributed by atoms with Crippen molar-refractivity contribution >= 4 is 5.97 Å². The summed E-state index contributed by atoms with van der Waals surface area (Å²) in [5.74, 6) is 1.20. The van der Waals surface area contributed by atoms with Gasteiger partial charge in [0.25, 0.3) is 0 Å². The minimum atomic E-state index is -0.0105. The molecule has 2 fully saturated rings. The molecule has 0 spiro atoms. The van der Waals surface area contributed by atoms with Crippen molar-refractivity contribution in [3.63, 3.8) is 0 Å². The zero-order valence-corrected chi connectivity index (χ0v) is 8.08. The molecule has 2 aliphatic rings. The molecule has 1 saturated carbocycles. The van der Waals surface area contributed by atoms with Crippen LogP contribution in [0.1, 0.15) is 32.6 Å². The van der Waals surface area contributed by atoms with Crippen molar-refractivity contribution < 1.29 is 9.53 Å². The predicted octanol–water partition coefficient (Wildman–Crippen LogP) is 2.29. The fourth-order valence-corrected chi connectivity index (χ4v) is 2.23. The highest BCUT2D eigenvalue weighted by molar-refractivity contribution is 5.70. The highest BCUT2D eigenvalue weighted by Crippen LogP contribution is 2.48. The summed E-state index contributed by atoms with van der Waals surface area (Å²) in [7, 11) is 0. The molecule has 1 aliphatic heterocycles. The number of ether oxygens (including phenoxy) is 1. The summed E-state index contributed by atoms with van der Waals surface area (Å²) >= 11 is 0. The molecular weight excluding hydrogens is 164 g/mol. The van der Waals surface area contributed by atoms with Gasteiger partial charge in [-0.25, -0.2) is 0 Å². The molecule has 2 heteroatoms. The van der Waals surface area contributed by atoms with Crippen LogP contribution in [0.2, 0.25) is 0 Å². The van der Waals surface area contributed by atoms with Gasteiger partial charge in [0.2, 0.25) is 0 Å². The van der Waals surface area contributed by atoms with Crippen molar-refractivity contribution in [2.24, 2.45) is 11.8 Å². The van der Waals surface area contributed by atoms with Gasteiger partial charge >= 0.3 is 5.97 Å². The Kier molecular flexibility index (Phi) is 2.14. The topological polar surface area (TPSA) is 26.3 Å². The minimum Gasteiger partial charge on any atom is -0.462 e. The molecular formula is C11H16O2. The standard InChI is InChI=1S/C11H16O2/c1-7(2)8-6-9(8)10-4-3-5-11(12)13-10/h8-10H,1,3-6H2,2H3/t8-,9+,10-/m0/s1. The maximum absolute atomic E-state index is 11.0. The first-order chi connectivity index (χ1) is 6.18. The van der Waals surface area contributed by atoms with Crippen LogP contribution in [0.25, 0.3) is 0 Å². The summed E-state index contributed by atoms with van der Waals surface area (Å²) in [5, 5.41) is 0. The highest BCUT2D eigenvalue weighted by Gasteiger charge is 2.45. The molecule has 0 amide bonds. The van der Waals surface area contributed by atoms with Crippen LogP contribution < -0.4 is 0 Å². The third-order valence-corrected chi connectivity index (χ3v) is 3.10. The number of esters is 1. The zero-order chi connectivity index (χ0) is 9.42. The highest BCUT2D eigenvalue weighted by atomic mass is 16.5. The van der Waals surface area contributed by atoms with Gasteiger partial charge in [0.05, 0.1) is 0 Å². The lowest BCUT2D eigenvalue weighted by Crippen LogP contribution is -2.25. The first kappa shape index (κ1) is 8.79. The molecule has 2 rings (SSSR count). The van der Waals surface area contributed by atoms with Crippen LogP contribution in [0.3, 0.4) is 0 Å². The third kappa shape index (κ3) is 1.77. The van der Waals surface area contributed by atoms with Crippen LogP contribution in [-0.4, -0.2) is 12.1 Å². The zero-order valence-electron chi connectivity index (χ0n) is 8.08. The van der Waals surface area contributed by atoms with E-state index in [9.17, 15) is 4.79 Å². The summed E-state index contributed by atoms with van der Waals surface area (Å²) in [6.07, 6.45) is 4.04. The molecule has 0 unspecified atom stereocenters. The molecule has 1 heterocycles. The Labute approximate surface area is 79.0 Å². The molecule has 3 atom stereocenters. The lowest BCUT2D eigenvalue weighted by Gasteiger charge is -2.22. The van der Waals surface area contributed by atoms with Gasteiger partial charge in [-0.2, -0.15) is 0 Å². The maximum Gasteiger partial charge on any atom is 0.306 e. The van der Waals surface area contributed by atoms with E-state index in [-0.39, 0.29) is 12.1 Å². The van der Waals surface area contributed by atoms with Gasteiger partial charge in [-0.3, -0.25) is 4.79 Å². The first-order valence-electron chi connectivity index (χ1n) is 5.03. The summed E-state index contributed by atoms with van der Waals surface area (Å²) < 4.78 is 5.31. The fraction of sp³-hybridized carbons (Fsp3) is 0.727. The Morgan fingerprint density at radius 3 is 2.92 bits per heavy atom. The first-order valence-corrected chi connectivity index (χ1v) is 5.03. The lowest BCUT2D eigenvalue weighted by molar-refractivity contribution is -0.155. The number of hydrogen-bond acceptors (Lipinski definition) is 2. The van der Waals surface area contributed by atoms with Crippen molar-refractivity contribution in [2.45, 2.75) is 38.7 Å². The minimum absolute atomic E-state index is 0.0105. The molecule has 72 valence electrons. The van der Waals surface area contributed by atoms with Gasteiger partial charge in [0, 0.05) is 12.3 Å². The second kappa shape index (κ2) is 3.17. The van der Waals surface area contributed by atoms with Crippen molar-refractivity contribution in [1.82, 2.24) is 0 Å². The molecule has 0 aromatic heterocycles. The average molecular weight is 180 g/mol. The number of rotatable bonds is 2. The van der Waals surface area contributed by atoms with Crippen LogP contribution in [-0.2, 0) is 9.53 Å². The van der Waals surface area contributed by atoms with Crippen LogP contribution in [0.4, 0.5) is 0 Å². The van der Waals surface area contributed by atoms with Crippen LogP contribution in [0, 0.1) is 11.8 Å². The van der Waals surface area contributed by atoms with E-state index >= 15 is 0 Å². The summed E-state index contributed by atoms with van der Waals surface area (Å²) in [6, 6.07) is 0. The van der Waals surface area contributed by atoms with E-state index in [0.29, 0.717) is 18.3 Å². The molecule has 0 radical (unpaired) electrons. The molecule has 0 bridgehead atoms. The molecule has 1 saturated heterocycles. The largest absolute Gasteiger partial charge is 0.462 e. The molecule has 0 aromatic carbocycles. The SMILES string of the molecule is C=C(C)[C@@H]1C[C@H]1[C@@H]1CCCC(=O)O1. The van der Waals surface area contributed by atoms with Gasteiger partial charge in [0.15, 0.2) is 0 Å². The second-order valence-corrected chi connectivity index (χ2v) is 4.27. The van der Waals surface area contributed by atoms with Crippen LogP contribution >= 0.6 is 0 Å². The molecule has 13 heavy (non-hydrogen) atoms. The molecule has 2 nitrogen and oxygen atoms in total. The van der Waals surface area contributed by atoms with E-state index in [2.05, 4.69) is 13.5 Å². The van der Waals surface area contributed by atoms with Gasteiger partial charge in [0.1, 0.15) is 6.10 Å². The smallest absolute Gasteiger partial charge is 0.306 e. The summed E-state index contributed by atoms with van der Waals surface area (Å²) in [4.78, 5) is 11.0. The number of cyclic esters (lactones) is 1. The monoisotopic (exact) mass is 180 g/mol. The number of carbonyl (C=O) groups excluding carboxylic acids is 1. The van der Waals surface area contributed by atoms with E-state index in [1.54, 1.807) is 0 Å². The van der Waals surface area contributed by atoms with E-state index in [1.165, 1.54) is 12.0 Å². The Bertz CT molecular complexity index is 244. The van der Waals surface area contributed by atoms with Crippen molar-refractivity contribution in [1.29, 1.82) is 0 Å². The molecule has 0 aromatic rings. The molecule has 1 aliphatic carbocycles. The second-order valence-electron chi connectivity index (χ2n) is 4.27. The Morgan fingerprint density at radius 2 is 2.38 bits per heavy atom.